The normalized spacial score (nSPS) is 11.0. The molecular weight excluding hydrogens is 402 g/mol. The number of rotatable bonds is 8. The maximum absolute atomic E-state index is 13.0. The lowest BCUT2D eigenvalue weighted by atomic mass is 10.1. The fourth-order valence-corrected chi connectivity index (χ4v) is 3.83. The molecule has 0 aliphatic rings. The summed E-state index contributed by atoms with van der Waals surface area (Å²) in [5.41, 5.74) is 2.61. The van der Waals surface area contributed by atoms with Gasteiger partial charge in [0.1, 0.15) is 23.2 Å². The minimum absolute atomic E-state index is 0.0596. The maximum atomic E-state index is 13.0. The molecule has 0 aliphatic carbocycles. The standard InChI is InChI=1S/C25H27N5O2/c1-17-27-20(16-30-18(2)29-22-12-6-5-11-21(22)25(30)31)15-24(28-17)26-14-8-10-19-9-4-7-13-23(19)32-3/h4-7,9,11-13,15H,8,10,14,16H2,1-3H3,(H,26,27,28). The van der Waals surface area contributed by atoms with Crippen LogP contribution in [0.5, 0.6) is 5.75 Å². The molecule has 0 fully saturated rings. The molecule has 0 saturated heterocycles. The molecule has 4 aromatic rings. The van der Waals surface area contributed by atoms with Crippen LogP contribution in [0.4, 0.5) is 5.82 Å². The van der Waals surface area contributed by atoms with Crippen LogP contribution >= 0.6 is 0 Å². The topological polar surface area (TPSA) is 81.9 Å². The first-order chi connectivity index (χ1) is 15.5. The highest BCUT2D eigenvalue weighted by molar-refractivity contribution is 5.77. The quantitative estimate of drug-likeness (QED) is 0.428. The van der Waals surface area contributed by atoms with Crippen LogP contribution in [0, 0.1) is 13.8 Å². The number of anilines is 1. The van der Waals surface area contributed by atoms with Crippen LogP contribution in [0.25, 0.3) is 10.9 Å². The van der Waals surface area contributed by atoms with Gasteiger partial charge in [-0.3, -0.25) is 9.36 Å². The van der Waals surface area contributed by atoms with E-state index in [9.17, 15) is 4.79 Å². The van der Waals surface area contributed by atoms with E-state index >= 15 is 0 Å². The van der Waals surface area contributed by atoms with Gasteiger partial charge in [-0.2, -0.15) is 0 Å². The third kappa shape index (κ3) is 4.77. The molecule has 0 unspecified atom stereocenters. The highest BCUT2D eigenvalue weighted by Gasteiger charge is 2.10. The van der Waals surface area contributed by atoms with E-state index in [1.807, 2.05) is 56.3 Å². The van der Waals surface area contributed by atoms with Crippen molar-refractivity contribution >= 4 is 16.7 Å². The second kappa shape index (κ2) is 9.60. The average Bonchev–Trinajstić information content (AvgIpc) is 2.79. The summed E-state index contributed by atoms with van der Waals surface area (Å²) in [6.07, 6.45) is 1.84. The number of benzene rings is 2. The first-order valence-electron chi connectivity index (χ1n) is 10.7. The van der Waals surface area contributed by atoms with E-state index in [1.165, 1.54) is 5.56 Å². The van der Waals surface area contributed by atoms with E-state index in [1.54, 1.807) is 17.7 Å². The molecule has 164 valence electrons. The van der Waals surface area contributed by atoms with Gasteiger partial charge in [-0.05, 0) is 50.5 Å². The molecule has 1 N–H and O–H groups in total. The highest BCUT2D eigenvalue weighted by Crippen LogP contribution is 2.19. The number of aryl methyl sites for hydroxylation is 3. The highest BCUT2D eigenvalue weighted by atomic mass is 16.5. The molecule has 7 nitrogen and oxygen atoms in total. The zero-order chi connectivity index (χ0) is 22.5. The molecule has 0 spiro atoms. The van der Waals surface area contributed by atoms with Crippen molar-refractivity contribution in [2.75, 3.05) is 19.0 Å². The molecule has 0 aliphatic heterocycles. The Hall–Kier alpha value is -3.74. The van der Waals surface area contributed by atoms with Crippen LogP contribution in [0.1, 0.15) is 29.3 Å². The number of fused-ring (bicyclic) bond motifs is 1. The Morgan fingerprint density at radius 3 is 2.62 bits per heavy atom. The number of nitrogens with one attached hydrogen (secondary N) is 1. The predicted molar refractivity (Wildman–Crippen MR) is 126 cm³/mol. The summed E-state index contributed by atoms with van der Waals surface area (Å²) in [6.45, 7) is 4.82. The Balaban J connectivity index is 1.46. The molecule has 0 atom stereocenters. The zero-order valence-electron chi connectivity index (χ0n) is 18.6. The Kier molecular flexibility index (Phi) is 6.44. The third-order valence-electron chi connectivity index (χ3n) is 5.39. The fourth-order valence-electron chi connectivity index (χ4n) is 3.83. The molecular formula is C25H27N5O2. The molecule has 0 radical (unpaired) electrons. The smallest absolute Gasteiger partial charge is 0.261 e. The lowest BCUT2D eigenvalue weighted by molar-refractivity contribution is 0.409. The van der Waals surface area contributed by atoms with E-state index in [2.05, 4.69) is 26.3 Å². The molecule has 0 bridgehead atoms. The summed E-state index contributed by atoms with van der Waals surface area (Å²) in [6, 6.07) is 17.4. The lowest BCUT2D eigenvalue weighted by Crippen LogP contribution is -2.25. The van der Waals surface area contributed by atoms with Crippen LogP contribution in [0.2, 0.25) is 0 Å². The summed E-state index contributed by atoms with van der Waals surface area (Å²) in [5, 5.41) is 3.99. The maximum Gasteiger partial charge on any atom is 0.261 e. The first-order valence-corrected chi connectivity index (χ1v) is 10.7. The second-order valence-electron chi connectivity index (χ2n) is 7.70. The van der Waals surface area contributed by atoms with Crippen LogP contribution in [0.15, 0.2) is 59.4 Å². The molecule has 2 aromatic carbocycles. The third-order valence-corrected chi connectivity index (χ3v) is 5.39. The summed E-state index contributed by atoms with van der Waals surface area (Å²) < 4.78 is 7.08. The number of ether oxygens (including phenoxy) is 1. The van der Waals surface area contributed by atoms with Gasteiger partial charge in [-0.15, -0.1) is 0 Å². The average molecular weight is 430 g/mol. The summed E-state index contributed by atoms with van der Waals surface area (Å²) in [4.78, 5) is 26.6. The van der Waals surface area contributed by atoms with E-state index < -0.39 is 0 Å². The number of nitrogens with zero attached hydrogens (tertiary/aromatic N) is 4. The van der Waals surface area contributed by atoms with Crippen molar-refractivity contribution < 1.29 is 4.74 Å². The molecule has 2 aromatic heterocycles. The van der Waals surface area contributed by atoms with Crippen molar-refractivity contribution in [1.29, 1.82) is 0 Å². The molecule has 32 heavy (non-hydrogen) atoms. The van der Waals surface area contributed by atoms with Gasteiger partial charge in [0.25, 0.3) is 5.56 Å². The Labute approximate surface area is 187 Å². The number of para-hydroxylation sites is 2. The number of methoxy groups -OCH3 is 1. The van der Waals surface area contributed by atoms with Crippen molar-refractivity contribution in [1.82, 2.24) is 19.5 Å². The van der Waals surface area contributed by atoms with Gasteiger partial charge in [0.15, 0.2) is 0 Å². The largest absolute Gasteiger partial charge is 0.496 e. The minimum atomic E-state index is -0.0596. The first kappa shape index (κ1) is 21.5. The SMILES string of the molecule is COc1ccccc1CCCNc1cc(Cn2c(C)nc3ccccc3c2=O)nc(C)n1. The Morgan fingerprint density at radius 2 is 1.78 bits per heavy atom. The van der Waals surface area contributed by atoms with Crippen molar-refractivity contribution in [2.45, 2.75) is 33.2 Å². The van der Waals surface area contributed by atoms with Gasteiger partial charge in [-0.25, -0.2) is 15.0 Å². The van der Waals surface area contributed by atoms with E-state index in [4.69, 9.17) is 4.74 Å². The molecule has 0 amide bonds. The molecule has 2 heterocycles. The van der Waals surface area contributed by atoms with Crippen LogP contribution in [0.3, 0.4) is 0 Å². The zero-order valence-corrected chi connectivity index (χ0v) is 18.6. The van der Waals surface area contributed by atoms with Gasteiger partial charge >= 0.3 is 0 Å². The number of hydrogen-bond donors (Lipinski definition) is 1. The van der Waals surface area contributed by atoms with Crippen molar-refractivity contribution in [3.05, 3.63) is 87.9 Å². The van der Waals surface area contributed by atoms with Crippen molar-refractivity contribution in [3.63, 3.8) is 0 Å². The van der Waals surface area contributed by atoms with Gasteiger partial charge in [0.05, 0.1) is 30.3 Å². The minimum Gasteiger partial charge on any atom is -0.496 e. The van der Waals surface area contributed by atoms with Gasteiger partial charge in [0.2, 0.25) is 0 Å². The summed E-state index contributed by atoms with van der Waals surface area (Å²) >= 11 is 0. The number of hydrogen-bond acceptors (Lipinski definition) is 6. The Bertz CT molecular complexity index is 1300. The van der Waals surface area contributed by atoms with Crippen LogP contribution in [-0.4, -0.2) is 33.2 Å². The molecule has 7 heteroatoms. The van der Waals surface area contributed by atoms with Crippen LogP contribution in [-0.2, 0) is 13.0 Å². The summed E-state index contributed by atoms with van der Waals surface area (Å²) in [7, 11) is 1.69. The van der Waals surface area contributed by atoms with E-state index in [0.29, 0.717) is 29.1 Å². The summed E-state index contributed by atoms with van der Waals surface area (Å²) in [5.74, 6) is 3.00. The van der Waals surface area contributed by atoms with Crippen molar-refractivity contribution in [2.24, 2.45) is 0 Å². The fraction of sp³-hybridized carbons (Fsp3) is 0.280. The van der Waals surface area contributed by atoms with Crippen molar-refractivity contribution in [3.8, 4) is 5.75 Å². The monoisotopic (exact) mass is 429 g/mol. The van der Waals surface area contributed by atoms with Gasteiger partial charge in [0, 0.05) is 12.6 Å². The Morgan fingerprint density at radius 1 is 1.00 bits per heavy atom. The molecule has 0 saturated carbocycles. The van der Waals surface area contributed by atoms with Gasteiger partial charge in [-0.1, -0.05) is 30.3 Å². The second-order valence-corrected chi connectivity index (χ2v) is 7.70. The van der Waals surface area contributed by atoms with E-state index in [0.717, 1.165) is 36.6 Å². The van der Waals surface area contributed by atoms with Crippen LogP contribution < -0.4 is 15.6 Å². The number of aromatic nitrogens is 4. The predicted octanol–water partition coefficient (Wildman–Crippen LogP) is 3.90. The van der Waals surface area contributed by atoms with E-state index in [-0.39, 0.29) is 5.56 Å². The lowest BCUT2D eigenvalue weighted by Gasteiger charge is -2.13. The van der Waals surface area contributed by atoms with Gasteiger partial charge < -0.3 is 10.1 Å². The molecule has 4 rings (SSSR count).